The Hall–Kier alpha value is -5.24. The number of allylic oxidation sites excluding steroid dienone is 6. The molecule has 276 valence electrons. The third-order valence-electron chi connectivity index (χ3n) is 12.5. The van der Waals surface area contributed by atoms with Crippen LogP contribution in [-0.4, -0.2) is 7.05 Å². The lowest BCUT2D eigenvalue weighted by molar-refractivity contribution is 0.531. The van der Waals surface area contributed by atoms with Crippen LogP contribution in [0.15, 0.2) is 175 Å². The zero-order chi connectivity index (χ0) is 37.6. The number of benzene rings is 6. The normalized spacial score (nSPS) is 16.6. The van der Waals surface area contributed by atoms with Crippen molar-refractivity contribution in [2.45, 2.75) is 82.6 Å². The Morgan fingerprint density at radius 3 is 2.24 bits per heavy atom. The van der Waals surface area contributed by atoms with Gasteiger partial charge in [-0.1, -0.05) is 183 Å². The summed E-state index contributed by atoms with van der Waals surface area (Å²) in [6, 6.07) is 54.4. The van der Waals surface area contributed by atoms with Crippen molar-refractivity contribution in [3.05, 3.63) is 208 Å². The van der Waals surface area contributed by atoms with Gasteiger partial charge in [0.25, 0.3) is 0 Å². The van der Waals surface area contributed by atoms with Gasteiger partial charge >= 0.3 is 0 Å². The molecule has 1 heteroatoms. The molecule has 0 saturated carbocycles. The van der Waals surface area contributed by atoms with E-state index in [0.29, 0.717) is 12.0 Å². The predicted molar refractivity (Wildman–Crippen MR) is 236 cm³/mol. The molecule has 2 aliphatic rings. The minimum absolute atomic E-state index is 0.0818. The van der Waals surface area contributed by atoms with Crippen LogP contribution in [-0.2, 0) is 18.3 Å². The second-order valence-electron chi connectivity index (χ2n) is 16.2. The van der Waals surface area contributed by atoms with Crippen LogP contribution >= 0.6 is 0 Å². The highest BCUT2D eigenvalue weighted by atomic mass is 14.9. The third kappa shape index (κ3) is 8.10. The lowest BCUT2D eigenvalue weighted by Crippen LogP contribution is -2.17. The van der Waals surface area contributed by atoms with Crippen molar-refractivity contribution in [3.63, 3.8) is 0 Å². The van der Waals surface area contributed by atoms with E-state index in [-0.39, 0.29) is 5.41 Å². The predicted octanol–water partition coefficient (Wildman–Crippen LogP) is 13.9. The molecule has 1 N–H and O–H groups in total. The molecule has 0 heterocycles. The maximum Gasteiger partial charge on any atom is 0.0317 e. The molecule has 2 atom stereocenters. The Balaban J connectivity index is 0.959. The number of aryl methyl sites for hydroxylation is 2. The quantitative estimate of drug-likeness (QED) is 0.118. The van der Waals surface area contributed by atoms with Gasteiger partial charge in [-0.15, -0.1) is 0 Å². The largest absolute Gasteiger partial charge is 0.313 e. The molecular weight excluding hydrogens is 663 g/mol. The van der Waals surface area contributed by atoms with E-state index in [1.165, 1.54) is 66.4 Å². The highest BCUT2D eigenvalue weighted by molar-refractivity contribution is 5.85. The van der Waals surface area contributed by atoms with Crippen molar-refractivity contribution in [1.29, 1.82) is 0 Å². The Morgan fingerprint density at radius 1 is 0.727 bits per heavy atom. The summed E-state index contributed by atoms with van der Waals surface area (Å²) in [7, 11) is 2.09. The molecule has 0 radical (unpaired) electrons. The third-order valence-corrected chi connectivity index (χ3v) is 12.5. The molecule has 0 amide bonds. The Bertz CT molecular complexity index is 2310. The van der Waals surface area contributed by atoms with Crippen molar-refractivity contribution in [2.24, 2.45) is 0 Å². The maximum absolute atomic E-state index is 3.57. The Labute approximate surface area is 329 Å². The Kier molecular flexibility index (Phi) is 11.1. The average Bonchev–Trinajstić information content (AvgIpc) is 3.46. The van der Waals surface area contributed by atoms with E-state index in [9.17, 15) is 0 Å². The molecule has 6 aromatic carbocycles. The van der Waals surface area contributed by atoms with E-state index in [0.717, 1.165) is 51.4 Å². The van der Waals surface area contributed by atoms with Gasteiger partial charge in [0, 0.05) is 17.4 Å². The summed E-state index contributed by atoms with van der Waals surface area (Å²) < 4.78 is 0. The highest BCUT2D eigenvalue weighted by Crippen LogP contribution is 2.53. The average molecular weight is 718 g/mol. The smallest absolute Gasteiger partial charge is 0.0317 e. The van der Waals surface area contributed by atoms with Crippen LogP contribution in [0.4, 0.5) is 0 Å². The first-order chi connectivity index (χ1) is 27.0. The van der Waals surface area contributed by atoms with Crippen LogP contribution in [0.5, 0.6) is 0 Å². The number of fused-ring (bicyclic) bond motifs is 4. The van der Waals surface area contributed by atoms with Crippen LogP contribution < -0.4 is 5.32 Å². The van der Waals surface area contributed by atoms with Gasteiger partial charge in [-0.2, -0.15) is 0 Å². The molecule has 55 heavy (non-hydrogen) atoms. The highest BCUT2D eigenvalue weighted by Gasteiger charge is 2.41. The van der Waals surface area contributed by atoms with Crippen LogP contribution in [0.25, 0.3) is 27.5 Å². The fraction of sp³-hybridized carbons (Fsp3) is 0.259. The van der Waals surface area contributed by atoms with E-state index >= 15 is 0 Å². The molecule has 8 rings (SSSR count). The van der Waals surface area contributed by atoms with Crippen molar-refractivity contribution in [1.82, 2.24) is 5.32 Å². The van der Waals surface area contributed by atoms with Gasteiger partial charge in [0.2, 0.25) is 0 Å². The molecule has 0 aromatic heterocycles. The van der Waals surface area contributed by atoms with Crippen LogP contribution in [0, 0.1) is 0 Å². The van der Waals surface area contributed by atoms with Gasteiger partial charge in [0.15, 0.2) is 0 Å². The zero-order valence-electron chi connectivity index (χ0n) is 32.9. The SMILES string of the molecule is CNC(CCCC(=CCC1=CCC2C(=C1)C(C)(C)c1ccccc12)c1ccc(-c2ccc(CCCc3cccc4ccccc34)cc2)cc1)c1ccccc1. The van der Waals surface area contributed by atoms with Gasteiger partial charge in [0.05, 0.1) is 0 Å². The van der Waals surface area contributed by atoms with Gasteiger partial charge in [-0.25, -0.2) is 0 Å². The number of nitrogens with one attached hydrogen (secondary N) is 1. The minimum Gasteiger partial charge on any atom is -0.313 e. The van der Waals surface area contributed by atoms with Crippen molar-refractivity contribution in [3.8, 4) is 11.1 Å². The topological polar surface area (TPSA) is 12.0 Å². The molecule has 0 fully saturated rings. The first kappa shape index (κ1) is 36.7. The van der Waals surface area contributed by atoms with Crippen molar-refractivity contribution < 1.29 is 0 Å². The molecule has 0 spiro atoms. The first-order valence-corrected chi connectivity index (χ1v) is 20.6. The summed E-state index contributed by atoms with van der Waals surface area (Å²) in [4.78, 5) is 0. The van der Waals surface area contributed by atoms with E-state index in [1.807, 2.05) is 0 Å². The monoisotopic (exact) mass is 717 g/mol. The maximum atomic E-state index is 3.57. The lowest BCUT2D eigenvalue weighted by Gasteiger charge is -2.27. The summed E-state index contributed by atoms with van der Waals surface area (Å²) in [5.41, 5.74) is 15.7. The molecule has 0 aliphatic heterocycles. The van der Waals surface area contributed by atoms with Gasteiger partial charge in [-0.05, 0) is 125 Å². The fourth-order valence-electron chi connectivity index (χ4n) is 9.33. The van der Waals surface area contributed by atoms with Crippen LogP contribution in [0.2, 0.25) is 0 Å². The summed E-state index contributed by atoms with van der Waals surface area (Å²) >= 11 is 0. The van der Waals surface area contributed by atoms with E-state index in [4.69, 9.17) is 0 Å². The molecule has 2 unspecified atom stereocenters. The van der Waals surface area contributed by atoms with Gasteiger partial charge in [0.1, 0.15) is 0 Å². The van der Waals surface area contributed by atoms with E-state index < -0.39 is 0 Å². The number of hydrogen-bond acceptors (Lipinski definition) is 1. The first-order valence-electron chi connectivity index (χ1n) is 20.6. The standard InChI is InChI=1S/C54H55N/c1-54(2)51-24-10-9-23-49(51)50-37-29-40(38-52(50)54)28-32-41(18-13-25-53(55-3)47-16-5-4-6-17-47)43-33-35-44(36-34-43)42-30-26-39(27-31-42)14-11-19-46-21-12-20-45-15-7-8-22-48(45)46/h4-10,12,15-17,20-24,26-27,29-36,38,50,53,55H,11,13-14,18-19,25,28,37H2,1-3H3. The Morgan fingerprint density at radius 2 is 1.44 bits per heavy atom. The molecule has 0 bridgehead atoms. The number of hydrogen-bond donors (Lipinski definition) is 1. The molecule has 0 saturated heterocycles. The molecule has 2 aliphatic carbocycles. The van der Waals surface area contributed by atoms with Crippen molar-refractivity contribution in [2.75, 3.05) is 7.05 Å². The molecule has 1 nitrogen and oxygen atoms in total. The molecule has 6 aromatic rings. The van der Waals surface area contributed by atoms with Gasteiger partial charge in [-0.3, -0.25) is 0 Å². The second kappa shape index (κ2) is 16.6. The fourth-order valence-corrected chi connectivity index (χ4v) is 9.33. The lowest BCUT2D eigenvalue weighted by atomic mass is 9.77. The minimum atomic E-state index is 0.0818. The number of rotatable bonds is 14. The zero-order valence-corrected chi connectivity index (χ0v) is 32.9. The van der Waals surface area contributed by atoms with Crippen LogP contribution in [0.3, 0.4) is 0 Å². The summed E-state index contributed by atoms with van der Waals surface area (Å²) in [6.07, 6.45) is 16.3. The van der Waals surface area contributed by atoms with Crippen LogP contribution in [0.1, 0.15) is 97.7 Å². The molecular formula is C54H55N. The van der Waals surface area contributed by atoms with Crippen molar-refractivity contribution >= 4 is 16.3 Å². The van der Waals surface area contributed by atoms with E-state index in [2.05, 4.69) is 190 Å². The summed E-state index contributed by atoms with van der Waals surface area (Å²) in [5, 5.41) is 6.29. The summed E-state index contributed by atoms with van der Waals surface area (Å²) in [6.45, 7) is 4.82. The second-order valence-corrected chi connectivity index (χ2v) is 16.2. The van der Waals surface area contributed by atoms with E-state index in [1.54, 1.807) is 5.57 Å². The summed E-state index contributed by atoms with van der Waals surface area (Å²) in [5.74, 6) is 0.520. The van der Waals surface area contributed by atoms with Gasteiger partial charge < -0.3 is 5.32 Å².